The van der Waals surface area contributed by atoms with Crippen LogP contribution in [0.1, 0.15) is 52.9 Å². The van der Waals surface area contributed by atoms with Crippen molar-refractivity contribution in [3.05, 3.63) is 65.2 Å². The van der Waals surface area contributed by atoms with Crippen molar-refractivity contribution in [1.82, 2.24) is 4.98 Å². The van der Waals surface area contributed by atoms with E-state index >= 15 is 0 Å². The number of pyridine rings is 1. The molecular formula is C24H27N. The molecule has 1 saturated carbocycles. The zero-order valence-electron chi connectivity index (χ0n) is 17.9. The third kappa shape index (κ3) is 3.61. The Balaban J connectivity index is 1.70. The van der Waals surface area contributed by atoms with Crippen LogP contribution in [0.5, 0.6) is 0 Å². The number of aromatic nitrogens is 1. The summed E-state index contributed by atoms with van der Waals surface area (Å²) in [7, 11) is 0. The molecule has 2 aromatic carbocycles. The molecule has 4 rings (SSSR count). The Kier molecular flexibility index (Phi) is 3.67. The van der Waals surface area contributed by atoms with E-state index in [0.29, 0.717) is 5.56 Å². The van der Waals surface area contributed by atoms with E-state index in [1.54, 1.807) is 12.1 Å². The average Bonchev–Trinajstić information content (AvgIpc) is 2.67. The molecule has 128 valence electrons. The molecule has 0 aliphatic heterocycles. The second-order valence-corrected chi connectivity index (χ2v) is 7.48. The molecule has 0 N–H and O–H groups in total. The van der Waals surface area contributed by atoms with Gasteiger partial charge in [0.1, 0.15) is 0 Å². The third-order valence-electron chi connectivity index (χ3n) is 5.43. The predicted molar refractivity (Wildman–Crippen MR) is 107 cm³/mol. The zero-order chi connectivity index (χ0) is 19.7. The Morgan fingerprint density at radius 1 is 1.00 bits per heavy atom. The van der Waals surface area contributed by atoms with Gasteiger partial charge in [-0.2, -0.15) is 0 Å². The molecule has 3 aromatic rings. The van der Waals surface area contributed by atoms with Crippen molar-refractivity contribution in [2.24, 2.45) is 5.92 Å². The molecule has 1 nitrogen and oxygen atoms in total. The third-order valence-corrected chi connectivity index (χ3v) is 5.43. The Morgan fingerprint density at radius 3 is 2.68 bits per heavy atom. The molecular weight excluding hydrogens is 302 g/mol. The van der Waals surface area contributed by atoms with Crippen LogP contribution in [0.2, 0.25) is 0 Å². The van der Waals surface area contributed by atoms with E-state index in [4.69, 9.17) is 9.10 Å². The monoisotopic (exact) mass is 332 g/mol. The van der Waals surface area contributed by atoms with E-state index < -0.39 is 6.85 Å². The summed E-state index contributed by atoms with van der Waals surface area (Å²) in [4.78, 5) is 4.88. The molecule has 0 bridgehead atoms. The molecule has 0 saturated heterocycles. The molecule has 1 heteroatoms. The minimum Gasteiger partial charge on any atom is -0.248 e. The number of nitrogens with zero attached hydrogens (tertiary/aromatic N) is 1. The first-order chi connectivity index (χ1) is 13.4. The summed E-state index contributed by atoms with van der Waals surface area (Å²) < 4.78 is 23.2. The summed E-state index contributed by atoms with van der Waals surface area (Å²) in [5, 5.41) is 1.22. The topological polar surface area (TPSA) is 12.9 Å². The highest BCUT2D eigenvalue weighted by atomic mass is 14.7. The van der Waals surface area contributed by atoms with Gasteiger partial charge in [0.15, 0.2) is 0 Å². The maximum atomic E-state index is 7.72. The number of fused-ring (bicyclic) bond motifs is 1. The van der Waals surface area contributed by atoms with Crippen molar-refractivity contribution < 1.29 is 4.11 Å². The smallest absolute Gasteiger partial charge is 0.0712 e. The second-order valence-electron chi connectivity index (χ2n) is 7.48. The van der Waals surface area contributed by atoms with Gasteiger partial charge < -0.3 is 0 Å². The number of hydrogen-bond acceptors (Lipinski definition) is 1. The van der Waals surface area contributed by atoms with Crippen molar-refractivity contribution in [2.75, 3.05) is 0 Å². The van der Waals surface area contributed by atoms with Crippen LogP contribution < -0.4 is 0 Å². The number of benzene rings is 2. The van der Waals surface area contributed by atoms with Crippen molar-refractivity contribution in [3.63, 3.8) is 0 Å². The highest BCUT2D eigenvalue weighted by molar-refractivity contribution is 5.84. The SMILES string of the molecule is [2H]C([2H])([2H])c1cc(C)cc(-c2ccc3c(CC4CCCCC4)cccc3n2)c1. The minimum atomic E-state index is -2.11. The fourth-order valence-corrected chi connectivity index (χ4v) is 4.19. The summed E-state index contributed by atoms with van der Waals surface area (Å²) in [6.07, 6.45) is 7.90. The molecule has 1 heterocycles. The lowest BCUT2D eigenvalue weighted by atomic mass is 9.84. The second kappa shape index (κ2) is 7.00. The van der Waals surface area contributed by atoms with E-state index in [9.17, 15) is 0 Å². The van der Waals surface area contributed by atoms with E-state index in [1.807, 2.05) is 19.1 Å². The van der Waals surface area contributed by atoms with Crippen molar-refractivity contribution in [3.8, 4) is 11.3 Å². The van der Waals surface area contributed by atoms with Gasteiger partial charge in [-0.25, -0.2) is 4.98 Å². The van der Waals surface area contributed by atoms with E-state index in [-0.39, 0.29) is 0 Å². The highest BCUT2D eigenvalue weighted by Gasteiger charge is 2.15. The number of rotatable bonds is 3. The van der Waals surface area contributed by atoms with Gasteiger partial charge in [0.2, 0.25) is 0 Å². The Bertz CT molecular complexity index is 985. The van der Waals surface area contributed by atoms with Crippen LogP contribution in [0.15, 0.2) is 48.5 Å². The molecule has 1 aliphatic carbocycles. The van der Waals surface area contributed by atoms with Crippen LogP contribution in [-0.2, 0) is 6.42 Å². The van der Waals surface area contributed by atoms with Gasteiger partial charge >= 0.3 is 0 Å². The fourth-order valence-electron chi connectivity index (χ4n) is 4.19. The molecule has 0 amide bonds. The standard InChI is InChI=1S/C24H27N/c1-17-13-18(2)15-21(14-17)23-12-11-22-20(9-6-10-24(22)25-23)16-19-7-4-3-5-8-19/h6,9-15,19H,3-5,7-8,16H2,1-2H3/i1D3. The Hall–Kier alpha value is -2.15. The first-order valence-corrected chi connectivity index (χ1v) is 9.41. The lowest BCUT2D eigenvalue weighted by molar-refractivity contribution is 0.357. The van der Waals surface area contributed by atoms with Gasteiger partial charge in [-0.3, -0.25) is 0 Å². The van der Waals surface area contributed by atoms with Crippen LogP contribution in [-0.4, -0.2) is 4.98 Å². The summed E-state index contributed by atoms with van der Waals surface area (Å²) in [6.45, 7) is -0.174. The van der Waals surface area contributed by atoms with Crippen LogP contribution in [0.3, 0.4) is 0 Å². The molecule has 0 unspecified atom stereocenters. The van der Waals surface area contributed by atoms with Gasteiger partial charge in [-0.05, 0) is 55.9 Å². The lowest BCUT2D eigenvalue weighted by Crippen LogP contribution is -2.09. The predicted octanol–water partition coefficient (Wildman–Crippen LogP) is 6.64. The quantitative estimate of drug-likeness (QED) is 0.524. The molecule has 25 heavy (non-hydrogen) atoms. The Labute approximate surface area is 155 Å². The van der Waals surface area contributed by atoms with E-state index in [1.165, 1.54) is 43.1 Å². The first kappa shape index (κ1) is 13.1. The first-order valence-electron chi connectivity index (χ1n) is 10.9. The molecule has 1 aromatic heterocycles. The highest BCUT2D eigenvalue weighted by Crippen LogP contribution is 2.30. The van der Waals surface area contributed by atoms with Crippen molar-refractivity contribution in [1.29, 1.82) is 0 Å². The van der Waals surface area contributed by atoms with Crippen LogP contribution in [0.4, 0.5) is 0 Å². The Morgan fingerprint density at radius 2 is 1.84 bits per heavy atom. The lowest BCUT2D eigenvalue weighted by Gasteiger charge is -2.22. The zero-order valence-corrected chi connectivity index (χ0v) is 14.9. The molecule has 0 radical (unpaired) electrons. The maximum absolute atomic E-state index is 7.72. The average molecular weight is 333 g/mol. The van der Waals surface area contributed by atoms with E-state index in [2.05, 4.69) is 24.3 Å². The molecule has 0 atom stereocenters. The van der Waals surface area contributed by atoms with Crippen LogP contribution in [0, 0.1) is 19.7 Å². The summed E-state index contributed by atoms with van der Waals surface area (Å²) >= 11 is 0. The largest absolute Gasteiger partial charge is 0.248 e. The van der Waals surface area contributed by atoms with Gasteiger partial charge in [-0.1, -0.05) is 67.5 Å². The molecule has 1 fully saturated rings. The van der Waals surface area contributed by atoms with E-state index in [0.717, 1.165) is 34.7 Å². The number of hydrogen-bond donors (Lipinski definition) is 0. The summed E-state index contributed by atoms with van der Waals surface area (Å²) in [5.41, 5.74) is 5.38. The molecule has 0 spiro atoms. The van der Waals surface area contributed by atoms with Gasteiger partial charge in [-0.15, -0.1) is 0 Å². The van der Waals surface area contributed by atoms with Gasteiger partial charge in [0, 0.05) is 15.1 Å². The summed E-state index contributed by atoms with van der Waals surface area (Å²) in [6, 6.07) is 16.1. The van der Waals surface area contributed by atoms with Crippen molar-refractivity contribution >= 4 is 10.9 Å². The normalized spacial score (nSPS) is 17.9. The van der Waals surface area contributed by atoms with Crippen molar-refractivity contribution in [2.45, 2.75) is 52.3 Å². The minimum absolute atomic E-state index is 0.371. The van der Waals surface area contributed by atoms with Gasteiger partial charge in [0.25, 0.3) is 0 Å². The summed E-state index contributed by atoms with van der Waals surface area (Å²) in [5.74, 6) is 0.789. The molecule has 1 aliphatic rings. The van der Waals surface area contributed by atoms with Crippen LogP contribution in [0.25, 0.3) is 22.2 Å². The fraction of sp³-hybridized carbons (Fsp3) is 0.375. The maximum Gasteiger partial charge on any atom is 0.0712 e. The number of aryl methyl sites for hydroxylation is 2. The van der Waals surface area contributed by atoms with Gasteiger partial charge in [0.05, 0.1) is 11.2 Å². The van der Waals surface area contributed by atoms with Crippen LogP contribution >= 0.6 is 0 Å².